The lowest BCUT2D eigenvalue weighted by atomic mass is 9.57. The highest BCUT2D eigenvalue weighted by molar-refractivity contribution is 6.12. The third-order valence-electron chi connectivity index (χ3n) is 11.0. The Balaban J connectivity index is 1.33. The molecule has 1 spiro atoms. The van der Waals surface area contributed by atoms with Gasteiger partial charge in [0.25, 0.3) is 0 Å². The van der Waals surface area contributed by atoms with Gasteiger partial charge in [0, 0.05) is 47.9 Å². The Morgan fingerprint density at radius 1 is 1.00 bits per heavy atom. The molecule has 4 aliphatic heterocycles. The van der Waals surface area contributed by atoms with E-state index in [0.29, 0.717) is 23.8 Å². The predicted octanol–water partition coefficient (Wildman–Crippen LogP) is 7.59. The number of H-pyrrole nitrogens is 1. The summed E-state index contributed by atoms with van der Waals surface area (Å²) in [6.45, 7) is 6.14. The Hall–Kier alpha value is -3.48. The quantitative estimate of drug-likeness (QED) is 0.190. The number of aromatic nitrogens is 2. The van der Waals surface area contributed by atoms with Gasteiger partial charge in [-0.2, -0.15) is 0 Å². The summed E-state index contributed by atoms with van der Waals surface area (Å²) in [6.07, 6.45) is 27.7. The number of nitrogens with zero attached hydrogens (tertiary/aromatic N) is 3. The van der Waals surface area contributed by atoms with E-state index in [-0.39, 0.29) is 11.4 Å². The topological polar surface area (TPSA) is 61.5 Å². The van der Waals surface area contributed by atoms with Crippen molar-refractivity contribution in [3.8, 4) is 5.75 Å². The van der Waals surface area contributed by atoms with Crippen molar-refractivity contribution in [1.82, 2.24) is 19.8 Å². The zero-order chi connectivity index (χ0) is 29.7. The van der Waals surface area contributed by atoms with Crippen LogP contribution in [-0.2, 0) is 4.79 Å². The van der Waals surface area contributed by atoms with Crippen LogP contribution in [0.25, 0.3) is 27.4 Å². The van der Waals surface area contributed by atoms with Gasteiger partial charge in [-0.25, -0.2) is 0 Å². The molecule has 6 nitrogen and oxygen atoms in total. The third-order valence-corrected chi connectivity index (χ3v) is 11.0. The van der Waals surface area contributed by atoms with Crippen LogP contribution in [0.3, 0.4) is 0 Å². The second-order valence-corrected chi connectivity index (χ2v) is 13.7. The normalized spacial score (nSPS) is 33.4. The summed E-state index contributed by atoms with van der Waals surface area (Å²) in [5.74, 6) is 0.695. The molecule has 8 rings (SSSR count). The minimum atomic E-state index is -0.310. The summed E-state index contributed by atoms with van der Waals surface area (Å²) >= 11 is 0. The summed E-state index contributed by atoms with van der Waals surface area (Å²) in [5.41, 5.74) is 5.98. The number of esters is 1. The summed E-state index contributed by atoms with van der Waals surface area (Å²) in [5, 5.41) is 2.20. The van der Waals surface area contributed by atoms with Crippen LogP contribution >= 0.6 is 0 Å². The molecular weight excluding hydrogens is 544 g/mol. The van der Waals surface area contributed by atoms with Gasteiger partial charge in [-0.3, -0.25) is 14.7 Å². The lowest BCUT2D eigenvalue weighted by molar-refractivity contribution is -0.131. The van der Waals surface area contributed by atoms with Gasteiger partial charge < -0.3 is 14.6 Å². The average molecular weight is 589 g/mol. The Bertz CT molecular complexity index is 1710. The van der Waals surface area contributed by atoms with Crippen molar-refractivity contribution in [3.05, 3.63) is 78.2 Å². The SMILES string of the molecule is CC(=O)Oc1cccc2c1[nH]c1c(C3=C/C4=C\C/C=C/CCCCN5CCC3[C@]3(C[C@@H]6/C=C\CCCCN6[C@@H]43)C5)nccc12. The number of allylic oxidation sites excluding steroid dienone is 5. The van der Waals surface area contributed by atoms with E-state index in [9.17, 15) is 4.79 Å². The van der Waals surface area contributed by atoms with Gasteiger partial charge in [0.2, 0.25) is 0 Å². The maximum Gasteiger partial charge on any atom is 0.308 e. The molecule has 2 aromatic heterocycles. The molecule has 3 aromatic rings. The number of hydrogen-bond acceptors (Lipinski definition) is 5. The molecule has 2 fully saturated rings. The fraction of sp³-hybridized carbons (Fsp3) is 0.474. The number of fused-ring (bicyclic) bond motifs is 5. The highest BCUT2D eigenvalue weighted by Crippen LogP contribution is 2.60. The predicted molar refractivity (Wildman–Crippen MR) is 177 cm³/mol. The largest absolute Gasteiger partial charge is 0.424 e. The first-order valence-corrected chi connectivity index (χ1v) is 16.9. The van der Waals surface area contributed by atoms with E-state index in [1.165, 1.54) is 76.1 Å². The fourth-order valence-electron chi connectivity index (χ4n) is 9.35. The Labute approximate surface area is 260 Å². The number of para-hydroxylation sites is 1. The van der Waals surface area contributed by atoms with E-state index in [0.717, 1.165) is 53.4 Å². The molecular formula is C38H44N4O2. The van der Waals surface area contributed by atoms with Crippen molar-refractivity contribution >= 4 is 33.3 Å². The zero-order valence-corrected chi connectivity index (χ0v) is 25.9. The molecule has 0 radical (unpaired) electrons. The maximum absolute atomic E-state index is 11.9. The number of carbonyl (C=O) groups excluding carboxylic acids is 1. The maximum atomic E-state index is 11.9. The Morgan fingerprint density at radius 3 is 2.77 bits per heavy atom. The molecule has 5 aliphatic rings. The summed E-state index contributed by atoms with van der Waals surface area (Å²) < 4.78 is 5.63. The van der Waals surface area contributed by atoms with Crippen molar-refractivity contribution in [2.75, 3.05) is 26.2 Å². The van der Waals surface area contributed by atoms with Gasteiger partial charge in [0.15, 0.2) is 5.75 Å². The molecule has 6 heteroatoms. The highest BCUT2D eigenvalue weighted by atomic mass is 16.5. The zero-order valence-electron chi connectivity index (χ0n) is 25.9. The molecule has 1 aliphatic carbocycles. The van der Waals surface area contributed by atoms with Crippen LogP contribution in [0.2, 0.25) is 0 Å². The molecule has 3 bridgehead atoms. The van der Waals surface area contributed by atoms with Crippen LogP contribution in [0, 0.1) is 11.3 Å². The third kappa shape index (κ3) is 4.69. The fourth-order valence-corrected chi connectivity index (χ4v) is 9.35. The minimum Gasteiger partial charge on any atom is -0.424 e. The highest BCUT2D eigenvalue weighted by Gasteiger charge is 2.60. The van der Waals surface area contributed by atoms with E-state index in [1.807, 2.05) is 18.3 Å². The first-order valence-electron chi connectivity index (χ1n) is 16.9. The molecule has 0 amide bonds. The molecule has 228 valence electrons. The number of benzene rings is 1. The lowest BCUT2D eigenvalue weighted by Crippen LogP contribution is -2.57. The van der Waals surface area contributed by atoms with Crippen molar-refractivity contribution in [1.29, 1.82) is 0 Å². The smallest absolute Gasteiger partial charge is 0.308 e. The number of rotatable bonds is 2. The van der Waals surface area contributed by atoms with Gasteiger partial charge in [-0.1, -0.05) is 48.6 Å². The van der Waals surface area contributed by atoms with Gasteiger partial charge in [-0.05, 0) is 107 Å². The number of hydrogen-bond donors (Lipinski definition) is 1. The van der Waals surface area contributed by atoms with Crippen LogP contribution in [0.4, 0.5) is 0 Å². The lowest BCUT2D eigenvalue weighted by Gasteiger charge is -2.54. The first kappa shape index (κ1) is 28.0. The van der Waals surface area contributed by atoms with E-state index in [2.05, 4.69) is 63.4 Å². The van der Waals surface area contributed by atoms with E-state index >= 15 is 0 Å². The van der Waals surface area contributed by atoms with Crippen LogP contribution in [0.15, 0.2) is 72.5 Å². The second-order valence-electron chi connectivity index (χ2n) is 13.7. The molecule has 2 saturated heterocycles. The minimum absolute atomic E-state index is 0.143. The monoisotopic (exact) mass is 588 g/mol. The Morgan fingerprint density at radius 2 is 1.86 bits per heavy atom. The number of aromatic amines is 1. The van der Waals surface area contributed by atoms with E-state index in [4.69, 9.17) is 9.72 Å². The van der Waals surface area contributed by atoms with Gasteiger partial charge >= 0.3 is 5.97 Å². The molecule has 1 N–H and O–H groups in total. The number of ether oxygens (including phenoxy) is 1. The van der Waals surface area contributed by atoms with Crippen molar-refractivity contribution in [3.63, 3.8) is 0 Å². The van der Waals surface area contributed by atoms with Gasteiger partial charge in [-0.15, -0.1) is 0 Å². The van der Waals surface area contributed by atoms with Gasteiger partial charge in [0.1, 0.15) is 0 Å². The number of nitrogens with one attached hydrogen (secondary N) is 1. The molecule has 0 saturated carbocycles. The second kappa shape index (κ2) is 11.5. The summed E-state index contributed by atoms with van der Waals surface area (Å²) in [6, 6.07) is 8.98. The molecule has 2 unspecified atom stereocenters. The van der Waals surface area contributed by atoms with Gasteiger partial charge in [0.05, 0.1) is 16.7 Å². The summed E-state index contributed by atoms with van der Waals surface area (Å²) in [4.78, 5) is 26.5. The summed E-state index contributed by atoms with van der Waals surface area (Å²) in [7, 11) is 0. The molecule has 44 heavy (non-hydrogen) atoms. The molecule has 5 atom stereocenters. The van der Waals surface area contributed by atoms with E-state index < -0.39 is 0 Å². The van der Waals surface area contributed by atoms with Crippen LogP contribution in [0.5, 0.6) is 5.75 Å². The standard InChI is InChI=1S/C38H44N4O2/c1-26(43)44-33-16-12-15-29-30-17-19-39-35(36(30)40-34(29)33)31-23-27-13-8-4-2-3-6-10-20-41-22-18-32(31)38(25-41)24-28-14-9-5-7-11-21-42(28)37(27)38/h2,4,9,12-17,19,23,28,32,37,40H,3,5-8,10-11,18,20-22,24-25H2,1H3/b4-2+,14-9-,27-13+/t28-,32?,37-,38-/m0/s1. The van der Waals surface area contributed by atoms with E-state index in [1.54, 1.807) is 0 Å². The number of pyridine rings is 1. The molecule has 6 heterocycles. The number of carbonyl (C=O) groups is 1. The number of piperidine rings is 1. The van der Waals surface area contributed by atoms with Crippen molar-refractivity contribution < 1.29 is 9.53 Å². The van der Waals surface area contributed by atoms with Crippen LogP contribution in [-0.4, -0.2) is 64.0 Å². The molecule has 1 aromatic carbocycles. The van der Waals surface area contributed by atoms with Crippen LogP contribution in [0.1, 0.15) is 70.4 Å². The van der Waals surface area contributed by atoms with Crippen molar-refractivity contribution in [2.45, 2.75) is 76.8 Å². The first-order chi connectivity index (χ1) is 21.6. The van der Waals surface area contributed by atoms with Crippen LogP contribution < -0.4 is 4.74 Å². The average Bonchev–Trinajstić information content (AvgIpc) is 3.53. The Kier molecular flexibility index (Phi) is 7.30. The van der Waals surface area contributed by atoms with Crippen molar-refractivity contribution in [2.24, 2.45) is 11.3 Å².